The molecule has 9 nitrogen and oxygen atoms in total. The van der Waals surface area contributed by atoms with Gasteiger partial charge in [-0.1, -0.05) is 219 Å². The fourth-order valence-electron chi connectivity index (χ4n) is 7.16. The Balaban J connectivity index is 4.01. The second-order valence-electron chi connectivity index (χ2n) is 19.5. The number of allylic oxidation sites excluding steroid dienone is 20. The number of hydrogen-bond acceptors (Lipinski definition) is 7. The summed E-state index contributed by atoms with van der Waals surface area (Å²) in [5, 5.41) is 9.62. The molecule has 0 aliphatic rings. The van der Waals surface area contributed by atoms with E-state index in [1.165, 1.54) is 51.4 Å². The Bertz CT molecular complexity index is 1590. The molecule has 9 heteroatoms. The molecular weight excluding hydrogens is 899 g/mol. The Hall–Kier alpha value is -4.31. The maximum Gasteiger partial charge on any atom is 0.361 e. The topological polar surface area (TPSA) is 108 Å². The van der Waals surface area contributed by atoms with Gasteiger partial charge in [0.25, 0.3) is 6.29 Å². The number of nitrogens with zero attached hydrogens (tertiary/aromatic N) is 1. The molecule has 0 radical (unpaired) electrons. The average Bonchev–Trinajstić information content (AvgIpc) is 3.35. The number of carboxylic acid groups (broad SMARTS) is 1. The molecule has 0 spiro atoms. The fraction of sp³-hybridized carbons (Fsp3) is 0.635. The van der Waals surface area contributed by atoms with Gasteiger partial charge in [-0.05, 0) is 89.9 Å². The highest BCUT2D eigenvalue weighted by atomic mass is 16.7. The molecule has 2 unspecified atom stereocenters. The van der Waals surface area contributed by atoms with E-state index in [0.717, 1.165) is 116 Å². The van der Waals surface area contributed by atoms with Crippen molar-refractivity contribution in [1.29, 1.82) is 0 Å². The van der Waals surface area contributed by atoms with Crippen molar-refractivity contribution in [3.63, 3.8) is 0 Å². The number of aliphatic carboxylic acids is 1. The predicted octanol–water partition coefficient (Wildman–Crippen LogP) is 16.5. The number of carbonyl (C=O) groups excluding carboxylic acids is 2. The number of unbranched alkanes of at least 4 members (excludes halogenated alkanes) is 15. The van der Waals surface area contributed by atoms with Crippen LogP contribution >= 0.6 is 0 Å². The third-order valence-electron chi connectivity index (χ3n) is 11.5. The first-order valence-electron chi connectivity index (χ1n) is 28.2. The van der Waals surface area contributed by atoms with Crippen LogP contribution in [0.4, 0.5) is 0 Å². The SMILES string of the molecule is CC/C=C\C/C=C\C/C=C\C/C=C\C/C=C\C/C=C\C/C=C\C/C=C\C/C=C\C/C=C\CCCCCCCCCCCCC(=O)OC(COC(=O)CCCCCCCC)COC(OCC[N+](C)(C)C)C(=O)O. The molecule has 0 amide bonds. The minimum absolute atomic E-state index is 0.182. The number of carbonyl (C=O) groups is 3. The molecule has 0 fully saturated rings. The summed E-state index contributed by atoms with van der Waals surface area (Å²) in [5.41, 5.74) is 0. The summed E-state index contributed by atoms with van der Waals surface area (Å²) in [4.78, 5) is 37.0. The predicted molar refractivity (Wildman–Crippen MR) is 304 cm³/mol. The molecule has 0 aromatic carbocycles. The van der Waals surface area contributed by atoms with Gasteiger partial charge in [0.2, 0.25) is 0 Å². The number of carboxylic acids is 1. The number of likely N-dealkylation sites (N-methyl/N-ethyl adjacent to an activating group) is 1. The molecule has 0 aliphatic carbocycles. The highest BCUT2D eigenvalue weighted by Crippen LogP contribution is 2.14. The summed E-state index contributed by atoms with van der Waals surface area (Å²) < 4.78 is 22.6. The van der Waals surface area contributed by atoms with Crippen molar-refractivity contribution < 1.29 is 42.9 Å². The van der Waals surface area contributed by atoms with Crippen molar-refractivity contribution in [1.82, 2.24) is 0 Å². The Kier molecular flexibility index (Phi) is 49.8. The molecular formula is C63H104NO8+. The van der Waals surface area contributed by atoms with Crippen molar-refractivity contribution in [2.75, 3.05) is 47.5 Å². The minimum atomic E-state index is -1.51. The first-order valence-corrected chi connectivity index (χ1v) is 28.2. The van der Waals surface area contributed by atoms with Crippen molar-refractivity contribution >= 4 is 17.9 Å². The zero-order valence-electron chi connectivity index (χ0n) is 46.3. The molecule has 408 valence electrons. The number of esters is 2. The fourth-order valence-corrected chi connectivity index (χ4v) is 7.16. The van der Waals surface area contributed by atoms with E-state index in [-0.39, 0.29) is 32.2 Å². The second kappa shape index (κ2) is 53.0. The normalized spacial score (nSPS) is 13.7. The first-order chi connectivity index (χ1) is 35.1. The number of rotatable bonds is 50. The summed E-state index contributed by atoms with van der Waals surface area (Å²) in [6.07, 6.45) is 71.9. The van der Waals surface area contributed by atoms with Crippen LogP contribution in [0, 0.1) is 0 Å². The van der Waals surface area contributed by atoms with Crippen LogP contribution in [0.3, 0.4) is 0 Å². The summed E-state index contributed by atoms with van der Waals surface area (Å²) >= 11 is 0. The van der Waals surface area contributed by atoms with Crippen LogP contribution in [0.5, 0.6) is 0 Å². The third-order valence-corrected chi connectivity index (χ3v) is 11.5. The van der Waals surface area contributed by atoms with Crippen LogP contribution in [-0.4, -0.2) is 87.4 Å². The van der Waals surface area contributed by atoms with Crippen molar-refractivity contribution in [2.24, 2.45) is 0 Å². The summed E-state index contributed by atoms with van der Waals surface area (Å²) in [6, 6.07) is 0. The Morgan fingerprint density at radius 2 is 0.792 bits per heavy atom. The van der Waals surface area contributed by atoms with E-state index in [2.05, 4.69) is 135 Å². The number of ether oxygens (including phenoxy) is 4. The molecule has 0 bridgehead atoms. The third kappa shape index (κ3) is 53.5. The van der Waals surface area contributed by atoms with Gasteiger partial charge in [0.15, 0.2) is 6.10 Å². The van der Waals surface area contributed by atoms with Gasteiger partial charge in [0.05, 0.1) is 34.4 Å². The quantitative estimate of drug-likeness (QED) is 0.0211. The van der Waals surface area contributed by atoms with Gasteiger partial charge in [-0.15, -0.1) is 0 Å². The standard InChI is InChI=1S/C63H103NO8/c1-6-8-10-12-14-15-16-17-18-19-20-21-22-23-24-25-26-27-28-29-30-31-32-33-34-35-36-37-38-39-40-41-42-43-44-45-46-47-48-50-52-54-61(66)72-59(57-70-60(65)53-51-49-13-11-9-7-2)58-71-63(62(67)68)69-56-55-64(3,4)5/h8,10,14-15,17-18,20-21,23-24,26-27,29-30,32-33,35-36,38-39,59,63H,6-7,9,11-13,16,19,22,25,28,31,34,37,40-58H2,1-5H3/p+1/b10-8-,15-14-,18-17-,21-20-,24-23-,27-26-,30-29-,33-32-,36-35-,39-38-. The van der Waals surface area contributed by atoms with Crippen LogP contribution in [0.2, 0.25) is 0 Å². The number of hydrogen-bond donors (Lipinski definition) is 1. The van der Waals surface area contributed by atoms with Crippen LogP contribution in [0.25, 0.3) is 0 Å². The van der Waals surface area contributed by atoms with Gasteiger partial charge in [0.1, 0.15) is 13.2 Å². The van der Waals surface area contributed by atoms with Gasteiger partial charge in [-0.2, -0.15) is 0 Å². The minimum Gasteiger partial charge on any atom is -0.477 e. The van der Waals surface area contributed by atoms with E-state index < -0.39 is 24.3 Å². The highest BCUT2D eigenvalue weighted by Gasteiger charge is 2.25. The van der Waals surface area contributed by atoms with E-state index in [0.29, 0.717) is 23.9 Å². The van der Waals surface area contributed by atoms with Crippen molar-refractivity contribution in [3.05, 3.63) is 122 Å². The molecule has 72 heavy (non-hydrogen) atoms. The summed E-state index contributed by atoms with van der Waals surface area (Å²) in [5.74, 6) is -2.03. The second-order valence-corrected chi connectivity index (χ2v) is 19.5. The van der Waals surface area contributed by atoms with E-state index in [1.807, 2.05) is 21.1 Å². The lowest BCUT2D eigenvalue weighted by Gasteiger charge is -2.25. The molecule has 0 rings (SSSR count). The van der Waals surface area contributed by atoms with Gasteiger partial charge < -0.3 is 28.5 Å². The Labute approximate surface area is 440 Å². The van der Waals surface area contributed by atoms with Gasteiger partial charge in [0, 0.05) is 12.8 Å². The Morgan fingerprint density at radius 3 is 1.18 bits per heavy atom. The van der Waals surface area contributed by atoms with E-state index >= 15 is 0 Å². The van der Waals surface area contributed by atoms with Crippen LogP contribution in [0.15, 0.2) is 122 Å². The molecule has 1 N–H and O–H groups in total. The lowest BCUT2D eigenvalue weighted by Crippen LogP contribution is -2.40. The Morgan fingerprint density at radius 1 is 0.431 bits per heavy atom. The van der Waals surface area contributed by atoms with E-state index in [4.69, 9.17) is 18.9 Å². The van der Waals surface area contributed by atoms with E-state index in [1.54, 1.807) is 0 Å². The first kappa shape index (κ1) is 67.7. The maximum absolute atomic E-state index is 12.8. The highest BCUT2D eigenvalue weighted by molar-refractivity contribution is 5.71. The maximum atomic E-state index is 12.8. The lowest BCUT2D eigenvalue weighted by molar-refractivity contribution is -0.870. The molecule has 0 aliphatic heterocycles. The van der Waals surface area contributed by atoms with Crippen LogP contribution < -0.4 is 0 Å². The molecule has 0 aromatic heterocycles. The number of quaternary nitrogens is 1. The zero-order chi connectivity index (χ0) is 52.7. The van der Waals surface area contributed by atoms with Crippen LogP contribution in [-0.2, 0) is 33.3 Å². The molecule has 0 aromatic rings. The average molecular weight is 1000 g/mol. The summed E-state index contributed by atoms with van der Waals surface area (Å²) in [6.45, 7) is 4.66. The smallest absolute Gasteiger partial charge is 0.361 e. The molecule has 0 saturated heterocycles. The largest absolute Gasteiger partial charge is 0.477 e. The van der Waals surface area contributed by atoms with Gasteiger partial charge >= 0.3 is 17.9 Å². The van der Waals surface area contributed by atoms with Gasteiger partial charge in [-0.3, -0.25) is 9.59 Å². The molecule has 2 atom stereocenters. The summed E-state index contributed by atoms with van der Waals surface area (Å²) in [7, 11) is 5.94. The molecule has 0 heterocycles. The van der Waals surface area contributed by atoms with E-state index in [9.17, 15) is 19.5 Å². The monoisotopic (exact) mass is 1000 g/mol. The van der Waals surface area contributed by atoms with Crippen LogP contribution in [0.1, 0.15) is 200 Å². The molecule has 0 saturated carbocycles. The van der Waals surface area contributed by atoms with Gasteiger partial charge in [-0.25, -0.2) is 4.79 Å². The zero-order valence-corrected chi connectivity index (χ0v) is 46.3. The van der Waals surface area contributed by atoms with Crippen molar-refractivity contribution in [2.45, 2.75) is 212 Å². The van der Waals surface area contributed by atoms with Crippen molar-refractivity contribution in [3.8, 4) is 0 Å². The lowest BCUT2D eigenvalue weighted by atomic mass is 10.0.